The third-order valence-corrected chi connectivity index (χ3v) is 1.55. The molecule has 0 spiro atoms. The minimum Gasteiger partial charge on any atom is -0.480 e. The van der Waals surface area contributed by atoms with Gasteiger partial charge in [-0.15, -0.1) is 0 Å². The predicted molar refractivity (Wildman–Crippen MR) is 56.8 cm³/mol. The fraction of sp³-hybridized carbons (Fsp3) is 0.875. The molecule has 0 amide bonds. The summed E-state index contributed by atoms with van der Waals surface area (Å²) in [4.78, 5) is 12.0. The summed E-state index contributed by atoms with van der Waals surface area (Å²) in [5.41, 5.74) is 0. The minimum absolute atomic E-state index is 0. The lowest BCUT2D eigenvalue weighted by Gasteiger charge is -2.12. The molecule has 0 aliphatic rings. The van der Waals surface area contributed by atoms with E-state index in [9.17, 15) is 4.79 Å². The quantitative estimate of drug-likeness (QED) is 0.468. The number of carbonyl (C=O) groups is 1. The number of carboxylic acids is 1. The SMILES string of the molecule is CCCCCN(C)CC(=O)O.O.[AlH2]. The number of rotatable bonds is 6. The average molecular weight is 206 g/mol. The minimum atomic E-state index is -0.746. The summed E-state index contributed by atoms with van der Waals surface area (Å²) in [5, 5.41) is 8.40. The highest BCUT2D eigenvalue weighted by Crippen LogP contribution is 1.95. The van der Waals surface area contributed by atoms with Gasteiger partial charge in [0.1, 0.15) is 17.4 Å². The van der Waals surface area contributed by atoms with E-state index in [1.807, 2.05) is 11.9 Å². The summed E-state index contributed by atoms with van der Waals surface area (Å²) in [6, 6.07) is 0. The first-order valence-electron chi connectivity index (χ1n) is 4.07. The third kappa shape index (κ3) is 14.7. The van der Waals surface area contributed by atoms with Crippen molar-refractivity contribution in [1.82, 2.24) is 4.90 Å². The second-order valence-corrected chi connectivity index (χ2v) is 2.84. The van der Waals surface area contributed by atoms with Gasteiger partial charge in [-0.2, -0.15) is 0 Å². The van der Waals surface area contributed by atoms with E-state index < -0.39 is 5.97 Å². The van der Waals surface area contributed by atoms with Gasteiger partial charge in [0.15, 0.2) is 0 Å². The van der Waals surface area contributed by atoms with Gasteiger partial charge in [0, 0.05) is 0 Å². The van der Waals surface area contributed by atoms with E-state index in [0.29, 0.717) is 0 Å². The van der Waals surface area contributed by atoms with E-state index in [2.05, 4.69) is 6.92 Å². The molecule has 13 heavy (non-hydrogen) atoms. The van der Waals surface area contributed by atoms with Crippen molar-refractivity contribution in [3.05, 3.63) is 0 Å². The Morgan fingerprint density at radius 3 is 2.31 bits per heavy atom. The molecule has 0 aromatic rings. The molecule has 0 fully saturated rings. The molecule has 0 aromatic heterocycles. The predicted octanol–water partition coefficient (Wildman–Crippen LogP) is -0.548. The number of hydrogen-bond acceptors (Lipinski definition) is 2. The Hall–Kier alpha value is -0.0775. The lowest BCUT2D eigenvalue weighted by atomic mass is 10.2. The Bertz CT molecular complexity index is 122. The normalized spacial score (nSPS) is 8.85. The van der Waals surface area contributed by atoms with Gasteiger partial charge in [-0.3, -0.25) is 9.69 Å². The van der Waals surface area contributed by atoms with E-state index in [1.54, 1.807) is 0 Å². The molecule has 79 valence electrons. The molecule has 0 heterocycles. The van der Waals surface area contributed by atoms with Crippen molar-refractivity contribution >= 4 is 23.3 Å². The van der Waals surface area contributed by atoms with Crippen LogP contribution in [0.25, 0.3) is 0 Å². The third-order valence-electron chi connectivity index (χ3n) is 1.55. The van der Waals surface area contributed by atoms with E-state index in [4.69, 9.17) is 5.11 Å². The average Bonchev–Trinajstić information content (AvgIpc) is 1.86. The van der Waals surface area contributed by atoms with Crippen molar-refractivity contribution < 1.29 is 15.4 Å². The van der Waals surface area contributed by atoms with Crippen LogP contribution in [0.15, 0.2) is 0 Å². The van der Waals surface area contributed by atoms with Gasteiger partial charge < -0.3 is 10.6 Å². The van der Waals surface area contributed by atoms with Crippen LogP contribution in [0.3, 0.4) is 0 Å². The molecular weight excluding hydrogens is 185 g/mol. The van der Waals surface area contributed by atoms with Crippen LogP contribution in [0, 0.1) is 0 Å². The fourth-order valence-corrected chi connectivity index (χ4v) is 0.942. The lowest BCUT2D eigenvalue weighted by molar-refractivity contribution is -0.137. The smallest absolute Gasteiger partial charge is 0.317 e. The van der Waals surface area contributed by atoms with Crippen molar-refractivity contribution in [2.24, 2.45) is 0 Å². The van der Waals surface area contributed by atoms with E-state index in [0.717, 1.165) is 13.0 Å². The second-order valence-electron chi connectivity index (χ2n) is 2.84. The van der Waals surface area contributed by atoms with Crippen LogP contribution in [-0.4, -0.2) is 59.0 Å². The first-order chi connectivity index (χ1) is 5.16. The number of nitrogens with zero attached hydrogens (tertiary/aromatic N) is 1. The van der Waals surface area contributed by atoms with Crippen molar-refractivity contribution in [1.29, 1.82) is 0 Å². The highest BCUT2D eigenvalue weighted by atomic mass is 27.0. The summed E-state index contributed by atoms with van der Waals surface area (Å²) >= 11 is 0. The molecule has 1 radical (unpaired) electrons. The highest BCUT2D eigenvalue weighted by Gasteiger charge is 2.01. The molecule has 0 aliphatic carbocycles. The van der Waals surface area contributed by atoms with Crippen LogP contribution < -0.4 is 0 Å². The molecular formula is C8H21AlNO3. The molecule has 0 saturated heterocycles. The Kier molecular flexibility index (Phi) is 17.1. The van der Waals surface area contributed by atoms with Crippen LogP contribution in [0.5, 0.6) is 0 Å². The Labute approximate surface area is 90.4 Å². The second kappa shape index (κ2) is 11.9. The number of likely N-dealkylation sites (N-methyl/N-ethyl adjacent to an activating group) is 1. The van der Waals surface area contributed by atoms with E-state index in [1.165, 1.54) is 12.8 Å². The lowest BCUT2D eigenvalue weighted by Crippen LogP contribution is -2.26. The topological polar surface area (TPSA) is 72.0 Å². The maximum absolute atomic E-state index is 10.2. The number of hydrogen-bond donors (Lipinski definition) is 1. The zero-order valence-corrected chi connectivity index (χ0v) is 10.8. The number of aliphatic carboxylic acids is 1. The summed E-state index contributed by atoms with van der Waals surface area (Å²) in [5.74, 6) is -0.746. The van der Waals surface area contributed by atoms with Gasteiger partial charge in [-0.1, -0.05) is 19.8 Å². The van der Waals surface area contributed by atoms with Crippen molar-refractivity contribution in [3.63, 3.8) is 0 Å². The molecule has 0 unspecified atom stereocenters. The van der Waals surface area contributed by atoms with Gasteiger partial charge in [0.05, 0.1) is 6.54 Å². The van der Waals surface area contributed by atoms with Crippen molar-refractivity contribution in [3.8, 4) is 0 Å². The van der Waals surface area contributed by atoms with Gasteiger partial charge >= 0.3 is 5.97 Å². The fourth-order valence-electron chi connectivity index (χ4n) is 0.942. The van der Waals surface area contributed by atoms with E-state index in [-0.39, 0.29) is 29.4 Å². The Morgan fingerprint density at radius 1 is 1.38 bits per heavy atom. The van der Waals surface area contributed by atoms with Gasteiger partial charge in [0.25, 0.3) is 0 Å². The van der Waals surface area contributed by atoms with Gasteiger partial charge in [0.2, 0.25) is 0 Å². The Balaban J connectivity index is -0.000000500. The number of unbranched alkanes of at least 4 members (excludes halogenated alkanes) is 2. The number of carboxylic acid groups (broad SMARTS) is 1. The summed E-state index contributed by atoms with van der Waals surface area (Å²) in [7, 11) is 1.84. The first kappa shape index (κ1) is 18.7. The maximum Gasteiger partial charge on any atom is 0.317 e. The standard InChI is InChI=1S/C8H17NO2.Al.H2O.2H/c1-3-4-5-6-9(2)7-8(10)11;;;;/h3-7H2,1-2H3,(H,10,11);;1H2;;. The zero-order chi connectivity index (χ0) is 8.69. The molecule has 3 N–H and O–H groups in total. The monoisotopic (exact) mass is 206 g/mol. The van der Waals surface area contributed by atoms with Crippen molar-refractivity contribution in [2.45, 2.75) is 26.2 Å². The molecule has 4 nitrogen and oxygen atoms in total. The van der Waals surface area contributed by atoms with Gasteiger partial charge in [-0.05, 0) is 20.0 Å². The van der Waals surface area contributed by atoms with Crippen LogP contribution in [0.4, 0.5) is 0 Å². The van der Waals surface area contributed by atoms with Crippen molar-refractivity contribution in [2.75, 3.05) is 20.1 Å². The molecule has 0 aliphatic heterocycles. The summed E-state index contributed by atoms with van der Waals surface area (Å²) in [6.07, 6.45) is 3.46. The van der Waals surface area contributed by atoms with Crippen LogP contribution in [0.2, 0.25) is 0 Å². The van der Waals surface area contributed by atoms with Crippen LogP contribution in [-0.2, 0) is 4.79 Å². The van der Waals surface area contributed by atoms with E-state index >= 15 is 0 Å². The summed E-state index contributed by atoms with van der Waals surface area (Å²) in [6.45, 7) is 3.18. The highest BCUT2D eigenvalue weighted by molar-refractivity contribution is 5.75. The Morgan fingerprint density at radius 2 is 1.92 bits per heavy atom. The van der Waals surface area contributed by atoms with Crippen LogP contribution in [0.1, 0.15) is 26.2 Å². The molecule has 0 saturated carbocycles. The zero-order valence-electron chi connectivity index (χ0n) is 8.84. The molecule has 0 bridgehead atoms. The molecule has 0 rings (SSSR count). The molecule has 0 atom stereocenters. The largest absolute Gasteiger partial charge is 0.480 e. The van der Waals surface area contributed by atoms with Crippen LogP contribution >= 0.6 is 0 Å². The summed E-state index contributed by atoms with van der Waals surface area (Å²) < 4.78 is 0. The maximum atomic E-state index is 10.2. The van der Waals surface area contributed by atoms with Gasteiger partial charge in [-0.25, -0.2) is 0 Å². The first-order valence-corrected chi connectivity index (χ1v) is 4.07. The molecule has 0 aromatic carbocycles. The molecule has 5 heteroatoms.